The molecule has 0 fully saturated rings. The Morgan fingerprint density at radius 2 is 1.69 bits per heavy atom. The van der Waals surface area contributed by atoms with Crippen LogP contribution in [-0.4, -0.2) is 15.0 Å². The summed E-state index contributed by atoms with van der Waals surface area (Å²) >= 11 is 0. The van der Waals surface area contributed by atoms with Crippen LogP contribution in [0, 0.1) is 5.82 Å². The van der Waals surface area contributed by atoms with E-state index < -0.39 is 0 Å². The van der Waals surface area contributed by atoms with E-state index in [0.717, 1.165) is 51.4 Å². The number of hydrogen-bond donors (Lipinski definition) is 2. The van der Waals surface area contributed by atoms with Gasteiger partial charge < -0.3 is 10.3 Å². The second kappa shape index (κ2) is 9.15. The van der Waals surface area contributed by atoms with Gasteiger partial charge in [-0.05, 0) is 66.1 Å². The predicted octanol–water partition coefficient (Wildman–Crippen LogP) is 6.79. The molecule has 0 aliphatic heterocycles. The van der Waals surface area contributed by atoms with Crippen molar-refractivity contribution in [1.82, 2.24) is 15.0 Å². The van der Waals surface area contributed by atoms with Crippen molar-refractivity contribution >= 4 is 16.9 Å². The third kappa shape index (κ3) is 4.35. The molecule has 29 heavy (non-hydrogen) atoms. The molecular weight excluding hydrogens is 363 g/mol. The number of aromatic nitrogens is 3. The topological polar surface area (TPSA) is 53.6 Å². The number of anilines is 1. The van der Waals surface area contributed by atoms with E-state index in [9.17, 15) is 4.39 Å². The molecule has 4 nitrogen and oxygen atoms in total. The third-order valence-electron chi connectivity index (χ3n) is 4.49. The molecule has 3 heterocycles. The molecule has 0 bridgehead atoms. The summed E-state index contributed by atoms with van der Waals surface area (Å²) in [5.41, 5.74) is 5.50. The standard InChI is InChI=1S/C22H19FN4.C2H6/c1-3-14(2)25-19-9-8-18-20(15-10-12-24-13-11-15)21(27-22(18)26-19)16-4-6-17(23)7-5-16;1-2/h4-13H,2-3H2,1H3,(H2,25,26,27);1-2H3. The molecule has 0 atom stereocenters. The van der Waals surface area contributed by atoms with Gasteiger partial charge >= 0.3 is 0 Å². The highest BCUT2D eigenvalue weighted by Gasteiger charge is 2.16. The zero-order valence-electron chi connectivity index (χ0n) is 17.0. The van der Waals surface area contributed by atoms with Crippen LogP contribution in [0.2, 0.25) is 0 Å². The number of aromatic amines is 1. The van der Waals surface area contributed by atoms with Crippen molar-refractivity contribution in [3.8, 4) is 22.4 Å². The van der Waals surface area contributed by atoms with E-state index in [-0.39, 0.29) is 5.82 Å². The molecule has 0 radical (unpaired) electrons. The first-order chi connectivity index (χ1) is 14.2. The Morgan fingerprint density at radius 1 is 1.00 bits per heavy atom. The quantitative estimate of drug-likeness (QED) is 0.395. The van der Waals surface area contributed by atoms with Crippen molar-refractivity contribution in [2.24, 2.45) is 0 Å². The molecular formula is C24H25FN4. The summed E-state index contributed by atoms with van der Waals surface area (Å²) in [6.07, 6.45) is 4.35. The van der Waals surface area contributed by atoms with Gasteiger partial charge in [0.1, 0.15) is 17.3 Å². The molecule has 0 saturated carbocycles. The average Bonchev–Trinajstić information content (AvgIpc) is 3.15. The number of hydrogen-bond acceptors (Lipinski definition) is 3. The van der Waals surface area contributed by atoms with Crippen LogP contribution in [-0.2, 0) is 0 Å². The van der Waals surface area contributed by atoms with E-state index in [2.05, 4.69) is 21.9 Å². The summed E-state index contributed by atoms with van der Waals surface area (Å²) in [5, 5.41) is 4.21. The smallest absolute Gasteiger partial charge is 0.140 e. The Morgan fingerprint density at radius 3 is 2.34 bits per heavy atom. The number of allylic oxidation sites excluding steroid dienone is 1. The predicted molar refractivity (Wildman–Crippen MR) is 119 cm³/mol. The first-order valence-corrected chi connectivity index (χ1v) is 9.79. The molecule has 0 unspecified atom stereocenters. The molecule has 4 rings (SSSR count). The van der Waals surface area contributed by atoms with Crippen molar-refractivity contribution in [2.75, 3.05) is 5.32 Å². The SMILES string of the molecule is C=C(CC)Nc1ccc2c(-c3ccncc3)c(-c3ccc(F)cc3)[nH]c2n1.CC. The van der Waals surface area contributed by atoms with Crippen LogP contribution in [0.1, 0.15) is 27.2 Å². The van der Waals surface area contributed by atoms with Crippen LogP contribution >= 0.6 is 0 Å². The van der Waals surface area contributed by atoms with Crippen LogP contribution in [0.15, 0.2) is 73.2 Å². The van der Waals surface area contributed by atoms with Gasteiger partial charge in [-0.3, -0.25) is 4.98 Å². The zero-order chi connectivity index (χ0) is 20.8. The second-order valence-electron chi connectivity index (χ2n) is 6.29. The summed E-state index contributed by atoms with van der Waals surface area (Å²) in [6, 6.07) is 14.3. The van der Waals surface area contributed by atoms with Gasteiger partial charge in [0, 0.05) is 29.0 Å². The fraction of sp³-hybridized carbons (Fsp3) is 0.167. The molecule has 148 valence electrons. The highest BCUT2D eigenvalue weighted by Crippen LogP contribution is 2.38. The summed E-state index contributed by atoms with van der Waals surface area (Å²) in [7, 11) is 0. The van der Waals surface area contributed by atoms with Gasteiger partial charge in [0.15, 0.2) is 0 Å². The zero-order valence-corrected chi connectivity index (χ0v) is 17.0. The van der Waals surface area contributed by atoms with E-state index in [1.807, 2.05) is 45.0 Å². The lowest BCUT2D eigenvalue weighted by Gasteiger charge is -2.07. The summed E-state index contributed by atoms with van der Waals surface area (Å²) in [6.45, 7) is 10.0. The van der Waals surface area contributed by atoms with Crippen LogP contribution in [0.5, 0.6) is 0 Å². The Bertz CT molecular complexity index is 1100. The minimum atomic E-state index is -0.261. The molecule has 5 heteroatoms. The molecule has 0 aliphatic rings. The monoisotopic (exact) mass is 388 g/mol. The first-order valence-electron chi connectivity index (χ1n) is 9.79. The highest BCUT2D eigenvalue weighted by atomic mass is 19.1. The lowest BCUT2D eigenvalue weighted by atomic mass is 10.00. The van der Waals surface area contributed by atoms with Crippen molar-refractivity contribution in [2.45, 2.75) is 27.2 Å². The fourth-order valence-electron chi connectivity index (χ4n) is 3.06. The Balaban J connectivity index is 0.00000117. The molecule has 3 aromatic heterocycles. The van der Waals surface area contributed by atoms with Crippen molar-refractivity contribution in [1.29, 1.82) is 0 Å². The maximum atomic E-state index is 13.4. The lowest BCUT2D eigenvalue weighted by molar-refractivity contribution is 0.628. The number of benzene rings is 1. The Hall–Kier alpha value is -3.47. The van der Waals surface area contributed by atoms with Gasteiger partial charge in [0.05, 0.1) is 5.69 Å². The van der Waals surface area contributed by atoms with Gasteiger partial charge in [-0.1, -0.05) is 27.4 Å². The average molecular weight is 388 g/mol. The summed E-state index contributed by atoms with van der Waals surface area (Å²) in [5.74, 6) is 0.477. The minimum Gasteiger partial charge on any atom is -0.344 e. The van der Waals surface area contributed by atoms with E-state index in [1.165, 1.54) is 12.1 Å². The number of fused-ring (bicyclic) bond motifs is 1. The highest BCUT2D eigenvalue weighted by molar-refractivity contribution is 6.02. The van der Waals surface area contributed by atoms with Crippen LogP contribution in [0.25, 0.3) is 33.4 Å². The molecule has 0 spiro atoms. The van der Waals surface area contributed by atoms with E-state index in [1.54, 1.807) is 24.5 Å². The van der Waals surface area contributed by atoms with E-state index >= 15 is 0 Å². The number of rotatable bonds is 5. The molecule has 0 saturated heterocycles. The molecule has 0 aliphatic carbocycles. The number of nitrogens with zero attached hydrogens (tertiary/aromatic N) is 2. The van der Waals surface area contributed by atoms with E-state index in [0.29, 0.717) is 0 Å². The second-order valence-corrected chi connectivity index (χ2v) is 6.29. The van der Waals surface area contributed by atoms with Gasteiger partial charge in [0.25, 0.3) is 0 Å². The maximum Gasteiger partial charge on any atom is 0.140 e. The Labute approximate surface area is 170 Å². The number of nitrogens with one attached hydrogen (secondary N) is 2. The Kier molecular flexibility index (Phi) is 6.39. The van der Waals surface area contributed by atoms with Crippen LogP contribution < -0.4 is 5.32 Å². The van der Waals surface area contributed by atoms with Crippen LogP contribution in [0.4, 0.5) is 10.2 Å². The number of halogens is 1. The lowest BCUT2D eigenvalue weighted by Crippen LogP contribution is -1.98. The molecule has 4 aromatic rings. The molecule has 1 aromatic carbocycles. The number of pyridine rings is 2. The van der Waals surface area contributed by atoms with E-state index in [4.69, 9.17) is 4.98 Å². The first kappa shape index (κ1) is 20.3. The third-order valence-corrected chi connectivity index (χ3v) is 4.49. The molecule has 2 N–H and O–H groups in total. The maximum absolute atomic E-state index is 13.4. The normalized spacial score (nSPS) is 10.3. The van der Waals surface area contributed by atoms with Gasteiger partial charge in [-0.2, -0.15) is 0 Å². The molecule has 0 amide bonds. The van der Waals surface area contributed by atoms with Gasteiger partial charge in [0.2, 0.25) is 0 Å². The van der Waals surface area contributed by atoms with Crippen LogP contribution in [0.3, 0.4) is 0 Å². The summed E-state index contributed by atoms with van der Waals surface area (Å²) < 4.78 is 13.4. The fourth-order valence-corrected chi connectivity index (χ4v) is 3.06. The van der Waals surface area contributed by atoms with Crippen molar-refractivity contribution < 1.29 is 4.39 Å². The van der Waals surface area contributed by atoms with Crippen molar-refractivity contribution in [3.05, 3.63) is 79.0 Å². The summed E-state index contributed by atoms with van der Waals surface area (Å²) in [4.78, 5) is 12.2. The number of H-pyrrole nitrogens is 1. The van der Waals surface area contributed by atoms with Gasteiger partial charge in [-0.15, -0.1) is 0 Å². The van der Waals surface area contributed by atoms with Crippen molar-refractivity contribution in [3.63, 3.8) is 0 Å². The minimum absolute atomic E-state index is 0.261. The largest absolute Gasteiger partial charge is 0.344 e. The van der Waals surface area contributed by atoms with Gasteiger partial charge in [-0.25, -0.2) is 9.37 Å².